The van der Waals surface area contributed by atoms with Gasteiger partial charge in [0.15, 0.2) is 6.10 Å². The maximum Gasteiger partial charge on any atom is 0.263 e. The Morgan fingerprint density at radius 3 is 2.62 bits per heavy atom. The number of fused-ring (bicyclic) bond motifs is 1. The normalized spacial score (nSPS) is 19.4. The SMILES string of the molecule is C[C@@H]1Oc2ccc(NC(=O)C3CCCC3)cc2CN(Cc2ccc(F)cc2)C1=O. The van der Waals surface area contributed by atoms with E-state index in [1.807, 2.05) is 18.2 Å². The van der Waals surface area contributed by atoms with Gasteiger partial charge in [-0.15, -0.1) is 0 Å². The Labute approximate surface area is 169 Å². The van der Waals surface area contributed by atoms with Crippen molar-refractivity contribution in [3.8, 4) is 5.75 Å². The van der Waals surface area contributed by atoms with Crippen molar-refractivity contribution in [1.82, 2.24) is 4.90 Å². The van der Waals surface area contributed by atoms with Crippen LogP contribution in [0.3, 0.4) is 0 Å². The van der Waals surface area contributed by atoms with E-state index >= 15 is 0 Å². The quantitative estimate of drug-likeness (QED) is 0.840. The number of anilines is 1. The van der Waals surface area contributed by atoms with Crippen LogP contribution in [-0.2, 0) is 22.7 Å². The maximum absolute atomic E-state index is 13.2. The highest BCUT2D eigenvalue weighted by atomic mass is 19.1. The third-order valence-electron chi connectivity index (χ3n) is 5.67. The standard InChI is InChI=1S/C23H25FN2O3/c1-15-23(28)26(13-16-6-8-19(24)9-7-16)14-18-12-20(10-11-21(18)29-15)25-22(27)17-4-2-3-5-17/h6-12,15,17H,2-5,13-14H2,1H3,(H,25,27)/t15-/m0/s1. The minimum absolute atomic E-state index is 0.0598. The number of carbonyl (C=O) groups excluding carboxylic acids is 2. The van der Waals surface area contributed by atoms with Crippen LogP contribution in [0.1, 0.15) is 43.7 Å². The van der Waals surface area contributed by atoms with Crippen LogP contribution in [0, 0.1) is 11.7 Å². The monoisotopic (exact) mass is 396 g/mol. The average molecular weight is 396 g/mol. The van der Waals surface area contributed by atoms with Crippen molar-refractivity contribution in [2.75, 3.05) is 5.32 Å². The first kappa shape index (κ1) is 19.4. The third-order valence-corrected chi connectivity index (χ3v) is 5.67. The molecule has 1 saturated carbocycles. The predicted octanol–water partition coefficient (Wildman–Crippen LogP) is 4.26. The van der Waals surface area contributed by atoms with Crippen LogP contribution in [0.5, 0.6) is 5.75 Å². The fourth-order valence-electron chi connectivity index (χ4n) is 4.05. The second-order valence-corrected chi connectivity index (χ2v) is 7.87. The summed E-state index contributed by atoms with van der Waals surface area (Å²) in [6.45, 7) is 2.46. The minimum Gasteiger partial charge on any atom is -0.481 e. The topological polar surface area (TPSA) is 58.6 Å². The van der Waals surface area contributed by atoms with Crippen LogP contribution < -0.4 is 10.1 Å². The van der Waals surface area contributed by atoms with Crippen LogP contribution >= 0.6 is 0 Å². The van der Waals surface area contributed by atoms with E-state index in [-0.39, 0.29) is 23.5 Å². The maximum atomic E-state index is 13.2. The Balaban J connectivity index is 1.53. The molecule has 2 aliphatic rings. The van der Waals surface area contributed by atoms with Gasteiger partial charge in [-0.1, -0.05) is 25.0 Å². The summed E-state index contributed by atoms with van der Waals surface area (Å²) in [5, 5.41) is 3.01. The zero-order valence-corrected chi connectivity index (χ0v) is 16.5. The summed E-state index contributed by atoms with van der Waals surface area (Å²) in [4.78, 5) is 26.9. The summed E-state index contributed by atoms with van der Waals surface area (Å²) in [5.41, 5.74) is 2.41. The van der Waals surface area contributed by atoms with Gasteiger partial charge < -0.3 is 15.0 Å². The van der Waals surface area contributed by atoms with E-state index in [1.54, 1.807) is 24.0 Å². The molecule has 2 aromatic rings. The lowest BCUT2D eigenvalue weighted by molar-refractivity contribution is -0.138. The Kier molecular flexibility index (Phi) is 5.51. The molecule has 1 fully saturated rings. The van der Waals surface area contributed by atoms with Gasteiger partial charge in [0, 0.05) is 30.3 Å². The smallest absolute Gasteiger partial charge is 0.263 e. The van der Waals surface area contributed by atoms with Crippen LogP contribution in [0.15, 0.2) is 42.5 Å². The van der Waals surface area contributed by atoms with Gasteiger partial charge in [0.05, 0.1) is 0 Å². The van der Waals surface area contributed by atoms with Gasteiger partial charge >= 0.3 is 0 Å². The molecule has 2 amide bonds. The van der Waals surface area contributed by atoms with E-state index in [0.717, 1.165) is 36.8 Å². The Hall–Kier alpha value is -2.89. The number of rotatable bonds is 4. The van der Waals surface area contributed by atoms with E-state index < -0.39 is 6.10 Å². The number of halogens is 1. The van der Waals surface area contributed by atoms with Gasteiger partial charge in [-0.25, -0.2) is 4.39 Å². The van der Waals surface area contributed by atoms with Gasteiger partial charge in [0.25, 0.3) is 5.91 Å². The van der Waals surface area contributed by atoms with E-state index in [0.29, 0.717) is 24.5 Å². The zero-order chi connectivity index (χ0) is 20.4. The molecule has 1 aliphatic heterocycles. The molecule has 0 aromatic heterocycles. The third kappa shape index (κ3) is 4.42. The molecule has 0 unspecified atom stereocenters. The highest BCUT2D eigenvalue weighted by Crippen LogP contribution is 2.31. The predicted molar refractivity (Wildman–Crippen MR) is 108 cm³/mol. The second kappa shape index (κ2) is 8.23. The minimum atomic E-state index is -0.615. The van der Waals surface area contributed by atoms with Crippen molar-refractivity contribution in [2.45, 2.75) is 51.8 Å². The fourth-order valence-corrected chi connectivity index (χ4v) is 4.05. The van der Waals surface area contributed by atoms with Gasteiger partial charge in [0.1, 0.15) is 11.6 Å². The molecular formula is C23H25FN2O3. The summed E-state index contributed by atoms with van der Waals surface area (Å²) in [7, 11) is 0. The zero-order valence-electron chi connectivity index (χ0n) is 16.5. The summed E-state index contributed by atoms with van der Waals surface area (Å²) in [6.07, 6.45) is 3.48. The summed E-state index contributed by atoms with van der Waals surface area (Å²) in [5.74, 6) is 0.361. The molecule has 6 heteroatoms. The summed E-state index contributed by atoms with van der Waals surface area (Å²) >= 11 is 0. The number of nitrogens with one attached hydrogen (secondary N) is 1. The first-order valence-corrected chi connectivity index (χ1v) is 10.1. The molecule has 0 radical (unpaired) electrons. The molecule has 4 rings (SSSR count). The number of nitrogens with zero attached hydrogens (tertiary/aromatic N) is 1. The van der Waals surface area contributed by atoms with Crippen molar-refractivity contribution in [2.24, 2.45) is 5.92 Å². The van der Waals surface area contributed by atoms with Crippen LogP contribution in [-0.4, -0.2) is 22.8 Å². The average Bonchev–Trinajstić information content (AvgIpc) is 3.22. The molecule has 0 saturated heterocycles. The highest BCUT2D eigenvalue weighted by Gasteiger charge is 2.28. The first-order chi connectivity index (χ1) is 14.0. The molecule has 0 spiro atoms. The van der Waals surface area contributed by atoms with E-state index in [9.17, 15) is 14.0 Å². The second-order valence-electron chi connectivity index (χ2n) is 7.87. The van der Waals surface area contributed by atoms with Crippen LogP contribution in [0.25, 0.3) is 0 Å². The number of hydrogen-bond acceptors (Lipinski definition) is 3. The van der Waals surface area contributed by atoms with Crippen molar-refractivity contribution < 1.29 is 18.7 Å². The van der Waals surface area contributed by atoms with Crippen molar-refractivity contribution >= 4 is 17.5 Å². The van der Waals surface area contributed by atoms with Crippen molar-refractivity contribution in [3.63, 3.8) is 0 Å². The lowest BCUT2D eigenvalue weighted by Crippen LogP contribution is -2.37. The van der Waals surface area contributed by atoms with Gasteiger partial charge in [-0.3, -0.25) is 9.59 Å². The van der Waals surface area contributed by atoms with Crippen LogP contribution in [0.4, 0.5) is 10.1 Å². The molecule has 29 heavy (non-hydrogen) atoms. The lowest BCUT2D eigenvalue weighted by Gasteiger charge is -2.22. The van der Waals surface area contributed by atoms with Gasteiger partial charge in [0.2, 0.25) is 5.91 Å². The number of hydrogen-bond donors (Lipinski definition) is 1. The van der Waals surface area contributed by atoms with Gasteiger partial charge in [-0.05, 0) is 55.7 Å². The molecule has 152 valence electrons. The summed E-state index contributed by atoms with van der Waals surface area (Å²) in [6, 6.07) is 11.6. The molecule has 2 aromatic carbocycles. The van der Waals surface area contributed by atoms with E-state index in [4.69, 9.17) is 4.74 Å². The van der Waals surface area contributed by atoms with Crippen LogP contribution in [0.2, 0.25) is 0 Å². The number of ether oxygens (including phenoxy) is 1. The Bertz CT molecular complexity index is 907. The fraction of sp³-hybridized carbons (Fsp3) is 0.391. The van der Waals surface area contributed by atoms with Crippen molar-refractivity contribution in [1.29, 1.82) is 0 Å². The Morgan fingerprint density at radius 2 is 1.90 bits per heavy atom. The first-order valence-electron chi connectivity index (χ1n) is 10.1. The largest absolute Gasteiger partial charge is 0.481 e. The number of amides is 2. The number of benzene rings is 2. The van der Waals surface area contributed by atoms with Crippen molar-refractivity contribution in [3.05, 3.63) is 59.4 Å². The summed E-state index contributed by atoms with van der Waals surface area (Å²) < 4.78 is 19.0. The van der Waals surface area contributed by atoms with Gasteiger partial charge in [-0.2, -0.15) is 0 Å². The number of carbonyl (C=O) groups is 2. The Morgan fingerprint density at radius 1 is 1.17 bits per heavy atom. The molecule has 1 aliphatic carbocycles. The molecule has 0 bridgehead atoms. The van der Waals surface area contributed by atoms with E-state index in [2.05, 4.69) is 5.32 Å². The molecular weight excluding hydrogens is 371 g/mol. The molecule has 1 atom stereocenters. The molecule has 5 nitrogen and oxygen atoms in total. The molecule has 1 heterocycles. The lowest BCUT2D eigenvalue weighted by atomic mass is 10.1. The highest BCUT2D eigenvalue weighted by molar-refractivity contribution is 5.93. The van der Waals surface area contributed by atoms with E-state index in [1.165, 1.54) is 12.1 Å². The molecule has 1 N–H and O–H groups in total.